The van der Waals surface area contributed by atoms with Gasteiger partial charge in [0.1, 0.15) is 5.92 Å². The van der Waals surface area contributed by atoms with Gasteiger partial charge in [0.2, 0.25) is 5.91 Å². The van der Waals surface area contributed by atoms with Crippen molar-refractivity contribution >= 4 is 23.3 Å². The Kier molecular flexibility index (Phi) is 4.67. The fraction of sp³-hybridized carbons (Fsp3) is 0.429. The molecule has 2 N–H and O–H groups in total. The SMILES string of the molecule is Cc1cc(NC(=O)C(C(=O)O)C(C)(C)C)ccc1[N+](=O)[O-]. The van der Waals surface area contributed by atoms with Crippen LogP contribution in [0, 0.1) is 28.4 Å². The molecular weight excluding hydrogens is 276 g/mol. The highest BCUT2D eigenvalue weighted by Crippen LogP contribution is 2.28. The van der Waals surface area contributed by atoms with Crippen molar-refractivity contribution in [2.24, 2.45) is 11.3 Å². The van der Waals surface area contributed by atoms with Crippen LogP contribution >= 0.6 is 0 Å². The minimum atomic E-state index is -1.21. The van der Waals surface area contributed by atoms with Crippen LogP contribution in [0.4, 0.5) is 11.4 Å². The van der Waals surface area contributed by atoms with E-state index in [-0.39, 0.29) is 5.69 Å². The quantitative estimate of drug-likeness (QED) is 0.504. The van der Waals surface area contributed by atoms with Crippen LogP contribution in [0.2, 0.25) is 0 Å². The number of hydrogen-bond acceptors (Lipinski definition) is 4. The van der Waals surface area contributed by atoms with Crippen LogP contribution in [0.1, 0.15) is 26.3 Å². The minimum Gasteiger partial charge on any atom is -0.481 e. The lowest BCUT2D eigenvalue weighted by Gasteiger charge is -2.25. The Bertz CT molecular complexity index is 590. The molecule has 1 rings (SSSR count). The van der Waals surface area contributed by atoms with Gasteiger partial charge in [0.05, 0.1) is 4.92 Å². The standard InChI is InChI=1S/C14H18N2O5/c1-8-7-9(5-6-10(8)16(20)21)15-12(17)11(13(18)19)14(2,3)4/h5-7,11H,1-4H3,(H,15,17)(H,18,19). The first kappa shape index (κ1) is 16.6. The number of carbonyl (C=O) groups excluding carboxylic acids is 1. The molecule has 0 fully saturated rings. The van der Waals surface area contributed by atoms with E-state index >= 15 is 0 Å². The van der Waals surface area contributed by atoms with Crippen LogP contribution in [0.3, 0.4) is 0 Å². The molecule has 7 nitrogen and oxygen atoms in total. The van der Waals surface area contributed by atoms with Gasteiger partial charge in [-0.2, -0.15) is 0 Å². The van der Waals surface area contributed by atoms with Gasteiger partial charge in [-0.15, -0.1) is 0 Å². The number of aliphatic carboxylic acids is 1. The predicted octanol–water partition coefficient (Wildman–Crippen LogP) is 2.59. The topological polar surface area (TPSA) is 110 Å². The van der Waals surface area contributed by atoms with Crippen molar-refractivity contribution in [1.82, 2.24) is 0 Å². The number of nitro groups is 1. The van der Waals surface area contributed by atoms with E-state index in [0.29, 0.717) is 11.3 Å². The lowest BCUT2D eigenvalue weighted by atomic mass is 9.80. The first-order valence-electron chi connectivity index (χ1n) is 6.32. The zero-order chi connectivity index (χ0) is 16.4. The van der Waals surface area contributed by atoms with Crippen molar-refractivity contribution in [3.05, 3.63) is 33.9 Å². The Morgan fingerprint density at radius 1 is 1.33 bits per heavy atom. The van der Waals surface area contributed by atoms with Gasteiger partial charge in [0, 0.05) is 17.3 Å². The van der Waals surface area contributed by atoms with Crippen LogP contribution in [-0.4, -0.2) is 21.9 Å². The highest BCUT2D eigenvalue weighted by atomic mass is 16.6. The fourth-order valence-electron chi connectivity index (χ4n) is 2.03. The van der Waals surface area contributed by atoms with Crippen LogP contribution in [0.15, 0.2) is 18.2 Å². The van der Waals surface area contributed by atoms with Crippen LogP contribution in [-0.2, 0) is 9.59 Å². The van der Waals surface area contributed by atoms with E-state index in [1.807, 2.05) is 0 Å². The van der Waals surface area contributed by atoms with E-state index in [9.17, 15) is 24.8 Å². The molecule has 0 aliphatic heterocycles. The highest BCUT2D eigenvalue weighted by Gasteiger charge is 2.37. The number of nitrogens with zero attached hydrogens (tertiary/aromatic N) is 1. The Hall–Kier alpha value is -2.44. The molecule has 0 spiro atoms. The molecule has 0 saturated heterocycles. The average molecular weight is 294 g/mol. The van der Waals surface area contributed by atoms with E-state index in [0.717, 1.165) is 0 Å². The summed E-state index contributed by atoms with van der Waals surface area (Å²) in [4.78, 5) is 33.6. The lowest BCUT2D eigenvalue weighted by Crippen LogP contribution is -2.39. The molecule has 7 heteroatoms. The second-order valence-corrected chi connectivity index (χ2v) is 5.88. The normalized spacial score (nSPS) is 12.6. The molecule has 0 aliphatic rings. The smallest absolute Gasteiger partial charge is 0.316 e. The maximum Gasteiger partial charge on any atom is 0.316 e. The molecule has 1 aromatic carbocycles. The lowest BCUT2D eigenvalue weighted by molar-refractivity contribution is -0.385. The maximum absolute atomic E-state index is 12.1. The van der Waals surface area contributed by atoms with E-state index in [2.05, 4.69) is 5.32 Å². The van der Waals surface area contributed by atoms with Crippen LogP contribution in [0.5, 0.6) is 0 Å². The molecular formula is C14H18N2O5. The Labute approximate surface area is 122 Å². The molecule has 0 radical (unpaired) electrons. The molecule has 1 unspecified atom stereocenters. The Morgan fingerprint density at radius 2 is 1.90 bits per heavy atom. The van der Waals surface area contributed by atoms with Gasteiger partial charge >= 0.3 is 5.97 Å². The van der Waals surface area contributed by atoms with Gasteiger partial charge < -0.3 is 10.4 Å². The molecule has 0 bridgehead atoms. The number of aryl methyl sites for hydroxylation is 1. The molecule has 1 aromatic rings. The van der Waals surface area contributed by atoms with E-state index in [1.165, 1.54) is 18.2 Å². The number of nitro benzene ring substituents is 1. The van der Waals surface area contributed by atoms with Gasteiger partial charge in [-0.25, -0.2) is 0 Å². The summed E-state index contributed by atoms with van der Waals surface area (Å²) < 4.78 is 0. The van der Waals surface area contributed by atoms with Gasteiger partial charge in [0.15, 0.2) is 0 Å². The molecule has 0 heterocycles. The summed E-state index contributed by atoms with van der Waals surface area (Å²) in [5.41, 5.74) is -0.0798. The third kappa shape index (κ3) is 4.01. The van der Waals surface area contributed by atoms with Crippen molar-refractivity contribution in [3.63, 3.8) is 0 Å². The van der Waals surface area contributed by atoms with Gasteiger partial charge in [0.25, 0.3) is 5.69 Å². The highest BCUT2D eigenvalue weighted by molar-refractivity contribution is 6.04. The first-order chi connectivity index (χ1) is 9.54. The number of nitrogens with one attached hydrogen (secondary N) is 1. The van der Waals surface area contributed by atoms with Gasteiger partial charge in [-0.3, -0.25) is 19.7 Å². The third-order valence-corrected chi connectivity index (χ3v) is 3.04. The van der Waals surface area contributed by atoms with Crippen molar-refractivity contribution < 1.29 is 19.6 Å². The Morgan fingerprint density at radius 3 is 2.29 bits per heavy atom. The van der Waals surface area contributed by atoms with Crippen molar-refractivity contribution in [2.45, 2.75) is 27.7 Å². The van der Waals surface area contributed by atoms with E-state index in [1.54, 1.807) is 27.7 Å². The van der Waals surface area contributed by atoms with Crippen molar-refractivity contribution in [2.75, 3.05) is 5.32 Å². The predicted molar refractivity (Wildman–Crippen MR) is 77.0 cm³/mol. The van der Waals surface area contributed by atoms with Crippen LogP contribution < -0.4 is 5.32 Å². The summed E-state index contributed by atoms with van der Waals surface area (Å²) in [6, 6.07) is 4.10. The number of carbonyl (C=O) groups is 2. The second kappa shape index (κ2) is 5.90. The maximum atomic E-state index is 12.1. The second-order valence-electron chi connectivity index (χ2n) is 5.88. The first-order valence-corrected chi connectivity index (χ1v) is 6.32. The summed E-state index contributed by atoms with van der Waals surface area (Å²) in [6.07, 6.45) is 0. The monoisotopic (exact) mass is 294 g/mol. The fourth-order valence-corrected chi connectivity index (χ4v) is 2.03. The minimum absolute atomic E-state index is 0.0568. The Balaban J connectivity index is 3.00. The molecule has 0 aliphatic carbocycles. The number of carboxylic acid groups (broad SMARTS) is 1. The number of anilines is 1. The van der Waals surface area contributed by atoms with Crippen molar-refractivity contribution in [3.8, 4) is 0 Å². The number of benzene rings is 1. The van der Waals surface area contributed by atoms with Gasteiger partial charge in [-0.1, -0.05) is 20.8 Å². The number of amides is 1. The molecule has 0 saturated carbocycles. The number of carboxylic acids is 1. The third-order valence-electron chi connectivity index (χ3n) is 3.04. The zero-order valence-corrected chi connectivity index (χ0v) is 12.3. The summed E-state index contributed by atoms with van der Waals surface area (Å²) in [5, 5.41) is 22.4. The van der Waals surface area contributed by atoms with Crippen molar-refractivity contribution in [1.29, 1.82) is 0 Å². The molecule has 21 heavy (non-hydrogen) atoms. The number of rotatable bonds is 4. The molecule has 114 valence electrons. The zero-order valence-electron chi connectivity index (χ0n) is 12.3. The summed E-state index contributed by atoms with van der Waals surface area (Å²) >= 11 is 0. The largest absolute Gasteiger partial charge is 0.481 e. The van der Waals surface area contributed by atoms with Gasteiger partial charge in [-0.05, 0) is 24.5 Å². The summed E-state index contributed by atoms with van der Waals surface area (Å²) in [6.45, 7) is 6.53. The summed E-state index contributed by atoms with van der Waals surface area (Å²) in [7, 11) is 0. The van der Waals surface area contributed by atoms with E-state index < -0.39 is 28.1 Å². The van der Waals surface area contributed by atoms with Crippen LogP contribution in [0.25, 0.3) is 0 Å². The number of hydrogen-bond donors (Lipinski definition) is 2. The summed E-state index contributed by atoms with van der Waals surface area (Å²) in [5.74, 6) is -3.07. The molecule has 0 aromatic heterocycles. The molecule has 1 amide bonds. The average Bonchev–Trinajstić information content (AvgIpc) is 2.25. The van der Waals surface area contributed by atoms with E-state index in [4.69, 9.17) is 0 Å². The molecule has 1 atom stereocenters.